The quantitative estimate of drug-likeness (QED) is 0.756. The van der Waals surface area contributed by atoms with Crippen molar-refractivity contribution in [2.24, 2.45) is 0 Å². The van der Waals surface area contributed by atoms with Gasteiger partial charge in [-0.1, -0.05) is 54.1 Å². The molecule has 2 aromatic carbocycles. The van der Waals surface area contributed by atoms with Crippen molar-refractivity contribution >= 4 is 17.5 Å². The van der Waals surface area contributed by atoms with Crippen molar-refractivity contribution in [3.63, 3.8) is 0 Å². The highest BCUT2D eigenvalue weighted by molar-refractivity contribution is 6.30. The van der Waals surface area contributed by atoms with Gasteiger partial charge in [-0.2, -0.15) is 0 Å². The highest BCUT2D eigenvalue weighted by Crippen LogP contribution is 2.28. The molecule has 0 unspecified atom stereocenters. The van der Waals surface area contributed by atoms with E-state index in [-0.39, 0.29) is 17.9 Å². The van der Waals surface area contributed by atoms with Crippen LogP contribution in [0, 0.1) is 0 Å². The molecule has 0 aliphatic heterocycles. The van der Waals surface area contributed by atoms with Crippen LogP contribution in [0.2, 0.25) is 5.02 Å². The van der Waals surface area contributed by atoms with Crippen molar-refractivity contribution < 1.29 is 4.79 Å². The Hall–Kier alpha value is -2.92. The summed E-state index contributed by atoms with van der Waals surface area (Å²) in [5.74, 6) is -0.302. The Morgan fingerprint density at radius 3 is 2.48 bits per heavy atom. The molecule has 1 N–H and O–H groups in total. The van der Waals surface area contributed by atoms with Gasteiger partial charge in [0.15, 0.2) is 0 Å². The number of halogens is 1. The number of nitrogens with zero attached hydrogens (tertiary/aromatic N) is 2. The second kappa shape index (κ2) is 7.37. The number of amides is 1. The summed E-state index contributed by atoms with van der Waals surface area (Å²) in [6.07, 6.45) is 2.61. The van der Waals surface area contributed by atoms with E-state index in [2.05, 4.69) is 10.5 Å². The van der Waals surface area contributed by atoms with Gasteiger partial charge < -0.3 is 0 Å². The van der Waals surface area contributed by atoms with Crippen LogP contribution in [0.15, 0.2) is 59.4 Å². The average molecular weight is 380 g/mol. The summed E-state index contributed by atoms with van der Waals surface area (Å²) in [5, 5.41) is 5.08. The summed E-state index contributed by atoms with van der Waals surface area (Å²) >= 11 is 5.87. The van der Waals surface area contributed by atoms with Gasteiger partial charge in [0, 0.05) is 16.1 Å². The minimum Gasteiger partial charge on any atom is -0.273 e. The molecule has 6 heteroatoms. The number of benzene rings is 2. The Balaban J connectivity index is 1.66. The van der Waals surface area contributed by atoms with Crippen LogP contribution in [0.25, 0.3) is 11.3 Å². The van der Waals surface area contributed by atoms with Gasteiger partial charge in [-0.05, 0) is 42.5 Å². The van der Waals surface area contributed by atoms with Crippen molar-refractivity contribution in [3.8, 4) is 11.3 Å². The molecule has 1 heterocycles. The molecule has 0 bridgehead atoms. The van der Waals surface area contributed by atoms with Crippen LogP contribution in [0.1, 0.15) is 23.1 Å². The molecule has 1 amide bonds. The van der Waals surface area contributed by atoms with Crippen LogP contribution in [0.3, 0.4) is 0 Å². The van der Waals surface area contributed by atoms with E-state index in [1.54, 1.807) is 24.3 Å². The van der Waals surface area contributed by atoms with E-state index >= 15 is 0 Å². The molecular formula is C21H18ClN3O2. The first-order valence-electron chi connectivity index (χ1n) is 8.86. The van der Waals surface area contributed by atoms with Crippen molar-refractivity contribution in [2.45, 2.75) is 25.7 Å². The molecule has 1 aromatic heterocycles. The van der Waals surface area contributed by atoms with Crippen LogP contribution < -0.4 is 11.0 Å². The third-order valence-electron chi connectivity index (χ3n) is 4.71. The maximum atomic E-state index is 12.7. The molecule has 4 rings (SSSR count). The second-order valence-electron chi connectivity index (χ2n) is 6.58. The molecule has 0 atom stereocenters. The van der Waals surface area contributed by atoms with Gasteiger partial charge in [0.25, 0.3) is 5.56 Å². The van der Waals surface area contributed by atoms with Crippen LogP contribution in [0.4, 0.5) is 0 Å². The predicted molar refractivity (Wildman–Crippen MR) is 105 cm³/mol. The van der Waals surface area contributed by atoms with E-state index in [0.717, 1.165) is 45.6 Å². The van der Waals surface area contributed by atoms with Gasteiger partial charge >= 0.3 is 0 Å². The molecule has 0 saturated carbocycles. The third-order valence-corrected chi connectivity index (χ3v) is 4.96. The third kappa shape index (κ3) is 3.64. The number of carbonyl (C=O) groups excluding carboxylic acids is 1. The van der Waals surface area contributed by atoms with Gasteiger partial charge in [-0.25, -0.2) is 5.43 Å². The molecule has 1 aliphatic carbocycles. The molecule has 0 fully saturated rings. The van der Waals surface area contributed by atoms with E-state index in [1.165, 1.54) is 0 Å². The fraction of sp³-hybridized carbons (Fsp3) is 0.190. The fourth-order valence-electron chi connectivity index (χ4n) is 3.42. The summed E-state index contributed by atoms with van der Waals surface area (Å²) in [6.45, 7) is 0. The maximum absolute atomic E-state index is 12.7. The Bertz CT molecular complexity index is 1040. The summed E-state index contributed by atoms with van der Waals surface area (Å²) in [6, 6.07) is 16.8. The van der Waals surface area contributed by atoms with Gasteiger partial charge in [-0.3, -0.25) is 9.59 Å². The van der Waals surface area contributed by atoms with Gasteiger partial charge in [0.2, 0.25) is 5.91 Å². The number of fused-ring (bicyclic) bond motifs is 1. The zero-order valence-corrected chi connectivity index (χ0v) is 15.4. The van der Waals surface area contributed by atoms with E-state index in [4.69, 9.17) is 11.6 Å². The lowest BCUT2D eigenvalue weighted by atomic mass is 10.0. The summed E-state index contributed by atoms with van der Waals surface area (Å²) in [7, 11) is 0. The first-order valence-corrected chi connectivity index (χ1v) is 9.24. The summed E-state index contributed by atoms with van der Waals surface area (Å²) in [4.78, 5) is 26.3. The van der Waals surface area contributed by atoms with Crippen molar-refractivity contribution in [3.05, 3.63) is 86.7 Å². The fourth-order valence-corrected chi connectivity index (χ4v) is 3.55. The lowest BCUT2D eigenvalue weighted by molar-refractivity contribution is -0.116. The SMILES string of the molecule is O=C(Cc1ccc(Cl)cc1)Nn1nc(-c2ccccc2)c2c(c1=O)CCC2. The van der Waals surface area contributed by atoms with E-state index < -0.39 is 0 Å². The number of rotatable bonds is 4. The number of nitrogens with one attached hydrogen (secondary N) is 1. The first kappa shape index (κ1) is 17.5. The van der Waals surface area contributed by atoms with Crippen molar-refractivity contribution in [2.75, 3.05) is 5.43 Å². The molecular weight excluding hydrogens is 362 g/mol. The number of aromatic nitrogens is 2. The van der Waals surface area contributed by atoms with Crippen LogP contribution in [-0.4, -0.2) is 15.8 Å². The molecule has 136 valence electrons. The number of carbonyl (C=O) groups is 1. The van der Waals surface area contributed by atoms with Gasteiger partial charge in [-0.15, -0.1) is 9.89 Å². The average Bonchev–Trinajstić information content (AvgIpc) is 3.17. The first-order chi connectivity index (χ1) is 13.1. The van der Waals surface area contributed by atoms with Crippen LogP contribution in [-0.2, 0) is 24.1 Å². The monoisotopic (exact) mass is 379 g/mol. The molecule has 1 aliphatic rings. The van der Waals surface area contributed by atoms with Gasteiger partial charge in [0.1, 0.15) is 0 Å². The molecule has 0 spiro atoms. The molecule has 0 radical (unpaired) electrons. The Morgan fingerprint density at radius 1 is 1.04 bits per heavy atom. The van der Waals surface area contributed by atoms with E-state index in [9.17, 15) is 9.59 Å². The Labute approximate surface area is 161 Å². The maximum Gasteiger partial charge on any atom is 0.289 e. The van der Waals surface area contributed by atoms with Crippen molar-refractivity contribution in [1.29, 1.82) is 0 Å². The normalized spacial score (nSPS) is 12.6. The van der Waals surface area contributed by atoms with Gasteiger partial charge in [0.05, 0.1) is 12.1 Å². The molecule has 27 heavy (non-hydrogen) atoms. The minimum absolute atomic E-state index is 0.142. The zero-order valence-electron chi connectivity index (χ0n) is 14.6. The Morgan fingerprint density at radius 2 is 1.74 bits per heavy atom. The molecule has 3 aromatic rings. The highest BCUT2D eigenvalue weighted by Gasteiger charge is 2.23. The lowest BCUT2D eigenvalue weighted by Crippen LogP contribution is -2.38. The topological polar surface area (TPSA) is 64.0 Å². The Kier molecular flexibility index (Phi) is 4.77. The second-order valence-corrected chi connectivity index (χ2v) is 7.02. The van der Waals surface area contributed by atoms with Crippen LogP contribution >= 0.6 is 11.6 Å². The number of hydrogen-bond donors (Lipinski definition) is 1. The van der Waals surface area contributed by atoms with E-state index in [0.29, 0.717) is 11.4 Å². The molecule has 5 nitrogen and oxygen atoms in total. The minimum atomic E-state index is -0.302. The smallest absolute Gasteiger partial charge is 0.273 e. The van der Waals surface area contributed by atoms with E-state index in [1.807, 2.05) is 30.3 Å². The van der Waals surface area contributed by atoms with Crippen molar-refractivity contribution in [1.82, 2.24) is 9.89 Å². The highest BCUT2D eigenvalue weighted by atomic mass is 35.5. The summed E-state index contributed by atoms with van der Waals surface area (Å²) < 4.78 is 0. The molecule has 0 saturated heterocycles. The lowest BCUT2D eigenvalue weighted by Gasteiger charge is -2.13. The largest absolute Gasteiger partial charge is 0.289 e. The zero-order chi connectivity index (χ0) is 18.8. The standard InChI is InChI=1S/C21H18ClN3O2/c22-16-11-9-14(10-12-16)13-19(26)23-25-21(27)18-8-4-7-17(18)20(24-25)15-5-2-1-3-6-15/h1-3,5-6,9-12H,4,7-8,13H2,(H,23,26). The predicted octanol–water partition coefficient (Wildman–Crippen LogP) is 3.37. The van der Waals surface area contributed by atoms with Crippen LogP contribution in [0.5, 0.6) is 0 Å². The summed E-state index contributed by atoms with van der Waals surface area (Å²) in [5.41, 5.74) is 6.65. The number of hydrogen-bond acceptors (Lipinski definition) is 3.